The highest BCUT2D eigenvalue weighted by atomic mass is 16.5. The molecule has 0 saturated carbocycles. The zero-order valence-electron chi connectivity index (χ0n) is 11.4. The van der Waals surface area contributed by atoms with Crippen LogP contribution in [-0.2, 0) is 9.53 Å². The van der Waals surface area contributed by atoms with E-state index in [2.05, 4.69) is 6.92 Å². The minimum atomic E-state index is 0.138. The lowest BCUT2D eigenvalue weighted by atomic mass is 9.95. The average Bonchev–Trinajstić information content (AvgIpc) is 2.39. The van der Waals surface area contributed by atoms with Crippen molar-refractivity contribution < 1.29 is 9.53 Å². The molecule has 2 N–H and O–H groups in total. The number of likely N-dealkylation sites (tertiary alicyclic amines) is 1. The first-order valence-electron chi connectivity index (χ1n) is 7.35. The van der Waals surface area contributed by atoms with Crippen molar-refractivity contribution >= 4 is 5.91 Å². The van der Waals surface area contributed by atoms with Crippen molar-refractivity contribution in [2.75, 3.05) is 13.2 Å². The van der Waals surface area contributed by atoms with Gasteiger partial charge in [0.05, 0.1) is 12.5 Å². The van der Waals surface area contributed by atoms with Crippen LogP contribution in [0.1, 0.15) is 51.9 Å². The van der Waals surface area contributed by atoms with E-state index in [1.165, 1.54) is 12.8 Å². The molecule has 1 amide bonds. The largest absolute Gasteiger partial charge is 0.378 e. The molecule has 2 saturated heterocycles. The Morgan fingerprint density at radius 2 is 2.11 bits per heavy atom. The molecule has 2 heterocycles. The number of carbonyl (C=O) groups is 1. The van der Waals surface area contributed by atoms with Crippen LogP contribution in [0.25, 0.3) is 0 Å². The molecule has 0 aliphatic carbocycles. The molecular weight excluding hydrogens is 228 g/mol. The molecule has 104 valence electrons. The molecule has 4 heteroatoms. The molecule has 2 fully saturated rings. The molecule has 3 unspecified atom stereocenters. The second kappa shape index (κ2) is 6.53. The number of nitrogens with two attached hydrogens (primary N) is 1. The van der Waals surface area contributed by atoms with E-state index in [-0.39, 0.29) is 18.1 Å². The number of hydrogen-bond donors (Lipinski definition) is 1. The predicted octanol–water partition coefficient (Wildman–Crippen LogP) is 1.67. The number of carbonyl (C=O) groups excluding carboxylic acids is 1. The third-order valence-corrected chi connectivity index (χ3v) is 4.26. The van der Waals surface area contributed by atoms with Gasteiger partial charge in [0.15, 0.2) is 0 Å². The third kappa shape index (κ3) is 3.23. The van der Waals surface area contributed by atoms with Crippen LogP contribution in [0.15, 0.2) is 0 Å². The smallest absolute Gasteiger partial charge is 0.225 e. The molecule has 3 atom stereocenters. The molecule has 0 radical (unpaired) electrons. The molecule has 4 nitrogen and oxygen atoms in total. The molecule has 0 aromatic carbocycles. The zero-order valence-corrected chi connectivity index (χ0v) is 11.4. The molecular formula is C14H26N2O2. The van der Waals surface area contributed by atoms with Gasteiger partial charge in [-0.15, -0.1) is 0 Å². The Hall–Kier alpha value is -0.610. The van der Waals surface area contributed by atoms with E-state index in [1.54, 1.807) is 0 Å². The summed E-state index contributed by atoms with van der Waals surface area (Å²) in [5.74, 6) is 0.240. The Balaban J connectivity index is 1.92. The highest BCUT2D eigenvalue weighted by Crippen LogP contribution is 2.25. The second-order valence-corrected chi connectivity index (χ2v) is 5.66. The first-order chi connectivity index (χ1) is 8.72. The molecule has 0 spiro atoms. The van der Waals surface area contributed by atoms with E-state index in [1.807, 2.05) is 4.90 Å². The van der Waals surface area contributed by atoms with Gasteiger partial charge in [-0.3, -0.25) is 4.79 Å². The Morgan fingerprint density at radius 1 is 1.28 bits per heavy atom. The number of amides is 1. The minimum Gasteiger partial charge on any atom is -0.378 e. The lowest BCUT2D eigenvalue weighted by molar-refractivity contribution is -0.141. The summed E-state index contributed by atoms with van der Waals surface area (Å²) in [6.07, 6.45) is 7.38. The summed E-state index contributed by atoms with van der Waals surface area (Å²) in [4.78, 5) is 14.5. The lowest BCUT2D eigenvalue weighted by Crippen LogP contribution is -2.52. The van der Waals surface area contributed by atoms with Crippen molar-refractivity contribution in [2.45, 2.75) is 70.1 Å². The Morgan fingerprint density at radius 3 is 2.78 bits per heavy atom. The fourth-order valence-corrected chi connectivity index (χ4v) is 3.24. The van der Waals surface area contributed by atoms with Gasteiger partial charge < -0.3 is 15.4 Å². The Bertz CT molecular complexity index is 277. The van der Waals surface area contributed by atoms with Gasteiger partial charge >= 0.3 is 0 Å². The Kier molecular flexibility index (Phi) is 5.01. The molecule has 0 bridgehead atoms. The SMILES string of the molecule is CC1CCCC(CN)N1C(=O)CC1CCCCO1. The van der Waals surface area contributed by atoms with E-state index in [4.69, 9.17) is 10.5 Å². The van der Waals surface area contributed by atoms with Crippen LogP contribution in [0, 0.1) is 0 Å². The van der Waals surface area contributed by atoms with Gasteiger partial charge in [-0.2, -0.15) is 0 Å². The first-order valence-corrected chi connectivity index (χ1v) is 7.35. The van der Waals surface area contributed by atoms with Crippen molar-refractivity contribution in [1.82, 2.24) is 4.90 Å². The maximum absolute atomic E-state index is 12.4. The van der Waals surface area contributed by atoms with Gasteiger partial charge in [-0.05, 0) is 45.4 Å². The van der Waals surface area contributed by atoms with E-state index in [0.29, 0.717) is 19.0 Å². The summed E-state index contributed by atoms with van der Waals surface area (Å²) in [5, 5.41) is 0. The molecule has 2 aliphatic rings. The molecule has 0 aromatic heterocycles. The average molecular weight is 254 g/mol. The quantitative estimate of drug-likeness (QED) is 0.833. The van der Waals surface area contributed by atoms with E-state index in [0.717, 1.165) is 32.3 Å². The second-order valence-electron chi connectivity index (χ2n) is 5.66. The van der Waals surface area contributed by atoms with E-state index < -0.39 is 0 Å². The van der Waals surface area contributed by atoms with Crippen molar-refractivity contribution in [1.29, 1.82) is 0 Å². The highest BCUT2D eigenvalue weighted by Gasteiger charge is 2.32. The van der Waals surface area contributed by atoms with Gasteiger partial charge in [-0.25, -0.2) is 0 Å². The van der Waals surface area contributed by atoms with Gasteiger partial charge in [0, 0.05) is 25.2 Å². The van der Waals surface area contributed by atoms with Crippen LogP contribution in [0.2, 0.25) is 0 Å². The summed E-state index contributed by atoms with van der Waals surface area (Å²) >= 11 is 0. The molecule has 0 aromatic rings. The standard InChI is InChI=1S/C14H26N2O2/c1-11-5-4-6-12(10-15)16(11)14(17)9-13-7-2-3-8-18-13/h11-13H,2-10,15H2,1H3. The van der Waals surface area contributed by atoms with Gasteiger partial charge in [0.25, 0.3) is 0 Å². The number of ether oxygens (including phenoxy) is 1. The fourth-order valence-electron chi connectivity index (χ4n) is 3.24. The summed E-state index contributed by atoms with van der Waals surface area (Å²) in [5.41, 5.74) is 5.80. The van der Waals surface area contributed by atoms with Crippen molar-refractivity contribution in [3.8, 4) is 0 Å². The summed E-state index contributed by atoms with van der Waals surface area (Å²) in [7, 11) is 0. The maximum atomic E-state index is 12.4. The van der Waals surface area contributed by atoms with Crippen LogP contribution in [-0.4, -0.2) is 42.1 Å². The third-order valence-electron chi connectivity index (χ3n) is 4.26. The highest BCUT2D eigenvalue weighted by molar-refractivity contribution is 5.77. The normalized spacial score (nSPS) is 33.4. The summed E-state index contributed by atoms with van der Waals surface area (Å²) in [6.45, 7) is 3.54. The lowest BCUT2D eigenvalue weighted by Gasteiger charge is -2.41. The zero-order chi connectivity index (χ0) is 13.0. The monoisotopic (exact) mass is 254 g/mol. The van der Waals surface area contributed by atoms with Crippen LogP contribution in [0.4, 0.5) is 0 Å². The van der Waals surface area contributed by atoms with Crippen LogP contribution >= 0.6 is 0 Å². The van der Waals surface area contributed by atoms with Crippen molar-refractivity contribution in [3.05, 3.63) is 0 Å². The van der Waals surface area contributed by atoms with Crippen molar-refractivity contribution in [3.63, 3.8) is 0 Å². The number of rotatable bonds is 3. The Labute approximate surface area is 110 Å². The number of piperidine rings is 1. The fraction of sp³-hybridized carbons (Fsp3) is 0.929. The number of nitrogens with zero attached hydrogens (tertiary/aromatic N) is 1. The first kappa shape index (κ1) is 13.8. The predicted molar refractivity (Wildman–Crippen MR) is 71.2 cm³/mol. The van der Waals surface area contributed by atoms with E-state index in [9.17, 15) is 4.79 Å². The summed E-state index contributed by atoms with van der Waals surface area (Å²) < 4.78 is 5.66. The van der Waals surface area contributed by atoms with Crippen LogP contribution in [0.5, 0.6) is 0 Å². The maximum Gasteiger partial charge on any atom is 0.225 e. The van der Waals surface area contributed by atoms with E-state index >= 15 is 0 Å². The summed E-state index contributed by atoms with van der Waals surface area (Å²) in [6, 6.07) is 0.577. The molecule has 18 heavy (non-hydrogen) atoms. The molecule has 2 rings (SSSR count). The van der Waals surface area contributed by atoms with Crippen molar-refractivity contribution in [2.24, 2.45) is 5.73 Å². The van der Waals surface area contributed by atoms with Gasteiger partial charge in [0.1, 0.15) is 0 Å². The van der Waals surface area contributed by atoms with Crippen LogP contribution in [0.3, 0.4) is 0 Å². The van der Waals surface area contributed by atoms with Crippen LogP contribution < -0.4 is 5.73 Å². The van der Waals surface area contributed by atoms with Gasteiger partial charge in [0.2, 0.25) is 5.91 Å². The molecule has 2 aliphatic heterocycles. The minimum absolute atomic E-state index is 0.138. The number of hydrogen-bond acceptors (Lipinski definition) is 3. The topological polar surface area (TPSA) is 55.6 Å². The van der Waals surface area contributed by atoms with Gasteiger partial charge in [-0.1, -0.05) is 0 Å².